The highest BCUT2D eigenvalue weighted by Gasteiger charge is 2.45. The molecule has 1 heterocycles. The van der Waals surface area contributed by atoms with Crippen LogP contribution in [0.15, 0.2) is 24.3 Å². The first kappa shape index (κ1) is 17.8. The summed E-state index contributed by atoms with van der Waals surface area (Å²) < 4.78 is 17.5. The highest BCUT2D eigenvalue weighted by atomic mass is 16.7. The number of unbranched alkanes of at least 4 members (excludes halogenated alkanes) is 1. The molecular formula is C18H26O5. The van der Waals surface area contributed by atoms with E-state index in [4.69, 9.17) is 19.3 Å². The van der Waals surface area contributed by atoms with Gasteiger partial charge in [-0.05, 0) is 44.7 Å². The number of carbonyl (C=O) groups is 1. The summed E-state index contributed by atoms with van der Waals surface area (Å²) >= 11 is 0. The average molecular weight is 322 g/mol. The predicted octanol–water partition coefficient (Wildman–Crippen LogP) is 3.92. The largest absolute Gasteiger partial charge is 0.497 e. The van der Waals surface area contributed by atoms with Gasteiger partial charge in [-0.1, -0.05) is 19.1 Å². The summed E-state index contributed by atoms with van der Waals surface area (Å²) in [5.74, 6) is 0.0529. The van der Waals surface area contributed by atoms with Crippen molar-refractivity contribution in [2.75, 3.05) is 7.11 Å². The van der Waals surface area contributed by atoms with Gasteiger partial charge in [0.25, 0.3) is 0 Å². The lowest BCUT2D eigenvalue weighted by Gasteiger charge is -2.27. The fraction of sp³-hybridized carbons (Fsp3) is 0.611. The molecule has 0 spiro atoms. The number of carboxylic acids is 1. The second kappa shape index (κ2) is 7.79. The molecule has 1 fully saturated rings. The van der Waals surface area contributed by atoms with E-state index in [2.05, 4.69) is 13.8 Å². The normalized spacial score (nSPS) is 27.1. The molecule has 0 radical (unpaired) electrons. The van der Waals surface area contributed by atoms with Crippen LogP contribution < -0.4 is 4.74 Å². The number of benzene rings is 1. The molecule has 0 bridgehead atoms. The van der Waals surface area contributed by atoms with Gasteiger partial charge in [-0.25, -0.2) is 0 Å². The molecule has 23 heavy (non-hydrogen) atoms. The quantitative estimate of drug-likeness (QED) is 0.735. The molecule has 0 amide bonds. The van der Waals surface area contributed by atoms with Gasteiger partial charge in [-0.3, -0.25) is 4.79 Å². The fourth-order valence-electron chi connectivity index (χ4n) is 3.05. The van der Waals surface area contributed by atoms with Gasteiger partial charge in [0.2, 0.25) is 0 Å². The van der Waals surface area contributed by atoms with E-state index in [-0.39, 0.29) is 24.4 Å². The Morgan fingerprint density at radius 1 is 1.30 bits per heavy atom. The van der Waals surface area contributed by atoms with Gasteiger partial charge in [0, 0.05) is 12.0 Å². The highest BCUT2D eigenvalue weighted by Crippen LogP contribution is 2.42. The third kappa shape index (κ3) is 4.45. The summed E-state index contributed by atoms with van der Waals surface area (Å²) in [6, 6.07) is 7.69. The highest BCUT2D eigenvalue weighted by molar-refractivity contribution is 5.66. The van der Waals surface area contributed by atoms with Gasteiger partial charge in [0.1, 0.15) is 5.75 Å². The van der Waals surface area contributed by atoms with Crippen molar-refractivity contribution in [3.63, 3.8) is 0 Å². The first-order chi connectivity index (χ1) is 11.0. The number of aliphatic carboxylic acids is 1. The van der Waals surface area contributed by atoms with Gasteiger partial charge >= 0.3 is 5.97 Å². The van der Waals surface area contributed by atoms with Crippen molar-refractivity contribution in [1.82, 2.24) is 0 Å². The van der Waals surface area contributed by atoms with Crippen LogP contribution in [0.3, 0.4) is 0 Å². The van der Waals surface area contributed by atoms with Crippen molar-refractivity contribution >= 4 is 5.97 Å². The lowest BCUT2D eigenvalue weighted by molar-refractivity contribution is -0.137. The number of carboxylic acid groups (broad SMARTS) is 1. The molecule has 1 aliphatic rings. The smallest absolute Gasteiger partial charge is 0.303 e. The molecule has 128 valence electrons. The van der Waals surface area contributed by atoms with Gasteiger partial charge in [-0.15, -0.1) is 0 Å². The number of hydrogen-bond acceptors (Lipinski definition) is 4. The Kier molecular flexibility index (Phi) is 6.02. The molecule has 1 aromatic carbocycles. The van der Waals surface area contributed by atoms with Crippen LogP contribution in [0.2, 0.25) is 0 Å². The molecule has 1 aromatic rings. The molecule has 0 aliphatic carbocycles. The Balaban J connectivity index is 1.98. The van der Waals surface area contributed by atoms with Crippen LogP contribution in [-0.2, 0) is 14.3 Å². The summed E-state index contributed by atoms with van der Waals surface area (Å²) in [5.41, 5.74) is 0.594. The van der Waals surface area contributed by atoms with Gasteiger partial charge in [-0.2, -0.15) is 0 Å². The van der Waals surface area contributed by atoms with Gasteiger partial charge < -0.3 is 19.3 Å². The van der Waals surface area contributed by atoms with Crippen molar-refractivity contribution in [3.8, 4) is 5.75 Å². The van der Waals surface area contributed by atoms with Crippen LogP contribution in [0.4, 0.5) is 0 Å². The average Bonchev–Trinajstić information content (AvgIpc) is 2.89. The molecule has 5 nitrogen and oxygen atoms in total. The van der Waals surface area contributed by atoms with Crippen molar-refractivity contribution < 1.29 is 24.1 Å². The summed E-state index contributed by atoms with van der Waals surface area (Å²) in [4.78, 5) is 10.6. The zero-order valence-electron chi connectivity index (χ0n) is 14.1. The van der Waals surface area contributed by atoms with E-state index >= 15 is 0 Å². The maximum absolute atomic E-state index is 10.6. The number of ether oxygens (including phenoxy) is 3. The van der Waals surface area contributed by atoms with Crippen LogP contribution >= 0.6 is 0 Å². The molecule has 0 saturated carbocycles. The van der Waals surface area contributed by atoms with Crippen LogP contribution in [0, 0.1) is 0 Å². The minimum Gasteiger partial charge on any atom is -0.497 e. The Hall–Kier alpha value is -1.59. The van der Waals surface area contributed by atoms with Crippen molar-refractivity contribution in [2.45, 2.75) is 63.9 Å². The molecule has 1 unspecified atom stereocenters. The van der Waals surface area contributed by atoms with Crippen LogP contribution in [0.1, 0.15) is 57.8 Å². The number of hydrogen-bond donors (Lipinski definition) is 1. The molecule has 1 saturated heterocycles. The summed E-state index contributed by atoms with van der Waals surface area (Å²) in [5, 5.41) is 8.74. The maximum atomic E-state index is 10.6. The lowest BCUT2D eigenvalue weighted by atomic mass is 9.91. The Morgan fingerprint density at radius 2 is 2.00 bits per heavy atom. The Morgan fingerprint density at radius 3 is 2.57 bits per heavy atom. The van der Waals surface area contributed by atoms with E-state index in [1.54, 1.807) is 7.11 Å². The first-order valence-electron chi connectivity index (χ1n) is 8.17. The standard InChI is InChI=1S/C18H26O5/c1-4-15-18(2,12-6-5-7-16(19)20)23-17(22-15)13-8-10-14(21-3)11-9-13/h8-11,15,17H,4-7,12H2,1-3H3,(H,19,20)/t15-,17?,18+/m0/s1. The summed E-state index contributed by atoms with van der Waals surface area (Å²) in [7, 11) is 1.64. The predicted molar refractivity (Wildman–Crippen MR) is 86.5 cm³/mol. The molecule has 2 rings (SSSR count). The van der Waals surface area contributed by atoms with E-state index in [1.807, 2.05) is 24.3 Å². The monoisotopic (exact) mass is 322 g/mol. The van der Waals surface area contributed by atoms with Gasteiger partial charge in [0.05, 0.1) is 18.8 Å². The van der Waals surface area contributed by atoms with Gasteiger partial charge in [0.15, 0.2) is 6.29 Å². The van der Waals surface area contributed by atoms with E-state index < -0.39 is 5.97 Å². The second-order valence-corrected chi connectivity index (χ2v) is 6.17. The van der Waals surface area contributed by atoms with Crippen LogP contribution in [-0.4, -0.2) is 29.9 Å². The third-order valence-electron chi connectivity index (χ3n) is 4.42. The molecule has 3 atom stereocenters. The van der Waals surface area contributed by atoms with Crippen LogP contribution in [0.25, 0.3) is 0 Å². The number of rotatable bonds is 8. The Labute approximate surface area is 137 Å². The summed E-state index contributed by atoms with van der Waals surface area (Å²) in [6.45, 7) is 4.14. The summed E-state index contributed by atoms with van der Waals surface area (Å²) in [6.07, 6.45) is 2.98. The zero-order chi connectivity index (χ0) is 16.9. The Bertz CT molecular complexity index is 513. The SMILES string of the molecule is CC[C@@H]1OC(c2ccc(OC)cc2)O[C@]1(C)CCCCC(=O)O. The molecular weight excluding hydrogens is 296 g/mol. The topological polar surface area (TPSA) is 65.0 Å². The third-order valence-corrected chi connectivity index (χ3v) is 4.42. The van der Waals surface area contributed by atoms with E-state index in [9.17, 15) is 4.79 Å². The van der Waals surface area contributed by atoms with E-state index in [1.165, 1.54) is 0 Å². The first-order valence-corrected chi connectivity index (χ1v) is 8.17. The molecule has 1 aliphatic heterocycles. The lowest BCUT2D eigenvalue weighted by Crippen LogP contribution is -2.36. The van der Waals surface area contributed by atoms with Crippen molar-refractivity contribution in [3.05, 3.63) is 29.8 Å². The van der Waals surface area contributed by atoms with Crippen molar-refractivity contribution in [1.29, 1.82) is 0 Å². The minimum atomic E-state index is -0.748. The van der Waals surface area contributed by atoms with E-state index in [0.717, 1.165) is 30.6 Å². The van der Waals surface area contributed by atoms with Crippen molar-refractivity contribution in [2.24, 2.45) is 0 Å². The molecule has 0 aromatic heterocycles. The van der Waals surface area contributed by atoms with Crippen LogP contribution in [0.5, 0.6) is 5.75 Å². The maximum Gasteiger partial charge on any atom is 0.303 e. The van der Waals surface area contributed by atoms with E-state index in [0.29, 0.717) is 6.42 Å². The minimum absolute atomic E-state index is 0.0134. The molecule has 5 heteroatoms. The number of methoxy groups -OCH3 is 1. The molecule has 1 N–H and O–H groups in total. The zero-order valence-corrected chi connectivity index (χ0v) is 14.1. The second-order valence-electron chi connectivity index (χ2n) is 6.17. The fourth-order valence-corrected chi connectivity index (χ4v) is 3.05.